The molecule has 1 aliphatic heterocycles. The van der Waals surface area contributed by atoms with E-state index in [1.54, 1.807) is 0 Å². The number of benzene rings is 1. The van der Waals surface area contributed by atoms with Crippen LogP contribution in [0.5, 0.6) is 0 Å². The third-order valence-electron chi connectivity index (χ3n) is 5.71. The first-order valence-electron chi connectivity index (χ1n) is 10.0. The Morgan fingerprint density at radius 2 is 1.81 bits per heavy atom. The fourth-order valence-corrected chi connectivity index (χ4v) is 4.36. The molecular formula is C21H36N2O3Si. The molecule has 5 nitrogen and oxygen atoms in total. The maximum atomic E-state index is 11.8. The lowest BCUT2D eigenvalue weighted by atomic mass is 10.1. The van der Waals surface area contributed by atoms with Crippen LogP contribution in [0.2, 0.25) is 18.1 Å². The van der Waals surface area contributed by atoms with Gasteiger partial charge in [-0.1, -0.05) is 51.1 Å². The zero-order chi connectivity index (χ0) is 19.9. The smallest absolute Gasteiger partial charge is 0.407 e. The minimum absolute atomic E-state index is 0.258. The molecule has 1 aliphatic rings. The Kier molecular flexibility index (Phi) is 7.88. The summed E-state index contributed by atoms with van der Waals surface area (Å²) >= 11 is 0. The number of likely N-dealkylation sites (tertiary alicyclic amines) is 1. The molecule has 0 bridgehead atoms. The van der Waals surface area contributed by atoms with Crippen molar-refractivity contribution in [1.29, 1.82) is 0 Å². The summed E-state index contributed by atoms with van der Waals surface area (Å²) in [6, 6.07) is 9.72. The maximum absolute atomic E-state index is 11.8. The highest BCUT2D eigenvalue weighted by Gasteiger charge is 2.39. The van der Waals surface area contributed by atoms with E-state index in [0.29, 0.717) is 19.3 Å². The summed E-state index contributed by atoms with van der Waals surface area (Å²) in [6.07, 6.45) is 2.18. The van der Waals surface area contributed by atoms with E-state index in [9.17, 15) is 4.79 Å². The monoisotopic (exact) mass is 392 g/mol. The van der Waals surface area contributed by atoms with E-state index in [2.05, 4.69) is 44.1 Å². The van der Waals surface area contributed by atoms with Crippen LogP contribution in [-0.4, -0.2) is 51.6 Å². The number of alkyl carbamates (subject to hydrolysis) is 1. The first-order valence-corrected chi connectivity index (χ1v) is 12.9. The van der Waals surface area contributed by atoms with Crippen molar-refractivity contribution in [3.05, 3.63) is 35.9 Å². The molecule has 1 amide bonds. The number of nitrogens with zero attached hydrogens (tertiary/aromatic N) is 1. The summed E-state index contributed by atoms with van der Waals surface area (Å²) in [7, 11) is -1.68. The standard InChI is InChI=1S/C21H36N2O3Si/c1-21(2,3)27(4,5)26-19-11-14-23(15-12-19)16-13-22-20(24)25-17-18-9-7-6-8-10-18/h6-10,19H,11-17H2,1-5H3,(H,22,24). The number of carbonyl (C=O) groups excluding carboxylic acids is 1. The van der Waals surface area contributed by atoms with Crippen molar-refractivity contribution in [1.82, 2.24) is 10.2 Å². The molecule has 0 unspecified atom stereocenters. The van der Waals surface area contributed by atoms with Crippen LogP contribution in [0.25, 0.3) is 0 Å². The third-order valence-corrected chi connectivity index (χ3v) is 10.2. The van der Waals surface area contributed by atoms with Crippen LogP contribution in [0.15, 0.2) is 30.3 Å². The van der Waals surface area contributed by atoms with Gasteiger partial charge in [0.05, 0.1) is 0 Å². The minimum Gasteiger partial charge on any atom is -0.445 e. The van der Waals surface area contributed by atoms with Gasteiger partial charge in [0, 0.05) is 32.3 Å². The maximum Gasteiger partial charge on any atom is 0.407 e. The van der Waals surface area contributed by atoms with Gasteiger partial charge in [0.2, 0.25) is 0 Å². The third kappa shape index (κ3) is 7.28. The van der Waals surface area contributed by atoms with E-state index < -0.39 is 8.32 Å². The second-order valence-corrected chi connectivity index (χ2v) is 13.7. The summed E-state index contributed by atoms with van der Waals surface area (Å²) in [5, 5.41) is 3.10. The van der Waals surface area contributed by atoms with Gasteiger partial charge < -0.3 is 19.4 Å². The first kappa shape index (κ1) is 21.9. The topological polar surface area (TPSA) is 50.8 Å². The fourth-order valence-electron chi connectivity index (χ4n) is 2.93. The van der Waals surface area contributed by atoms with Crippen LogP contribution in [0.1, 0.15) is 39.2 Å². The van der Waals surface area contributed by atoms with Crippen molar-refractivity contribution in [2.75, 3.05) is 26.2 Å². The van der Waals surface area contributed by atoms with Crippen LogP contribution in [0.3, 0.4) is 0 Å². The van der Waals surface area contributed by atoms with Crippen LogP contribution in [0.4, 0.5) is 4.79 Å². The molecule has 0 saturated carbocycles. The molecule has 0 aliphatic carbocycles. The second kappa shape index (κ2) is 9.71. The van der Waals surface area contributed by atoms with Gasteiger partial charge in [0.15, 0.2) is 8.32 Å². The van der Waals surface area contributed by atoms with Gasteiger partial charge in [-0.05, 0) is 36.5 Å². The van der Waals surface area contributed by atoms with Gasteiger partial charge in [0.25, 0.3) is 0 Å². The minimum atomic E-state index is -1.68. The second-order valence-electron chi connectivity index (χ2n) is 8.91. The van der Waals surface area contributed by atoms with Gasteiger partial charge in [0.1, 0.15) is 6.61 Å². The SMILES string of the molecule is CC(C)(C)[Si](C)(C)OC1CCN(CCNC(=O)OCc2ccccc2)CC1. The van der Waals surface area contributed by atoms with Crippen LogP contribution in [-0.2, 0) is 15.8 Å². The number of piperidine rings is 1. The first-order chi connectivity index (χ1) is 12.7. The molecule has 2 rings (SSSR count). The van der Waals surface area contributed by atoms with Gasteiger partial charge in [-0.15, -0.1) is 0 Å². The highest BCUT2D eigenvalue weighted by atomic mass is 28.4. The Morgan fingerprint density at radius 1 is 1.19 bits per heavy atom. The Hall–Kier alpha value is -1.37. The van der Waals surface area contributed by atoms with Crippen molar-refractivity contribution in [3.8, 4) is 0 Å². The van der Waals surface area contributed by atoms with E-state index in [4.69, 9.17) is 9.16 Å². The number of hydrogen-bond acceptors (Lipinski definition) is 4. The van der Waals surface area contributed by atoms with Gasteiger partial charge in [-0.25, -0.2) is 4.79 Å². The molecule has 1 aromatic rings. The highest BCUT2D eigenvalue weighted by Crippen LogP contribution is 2.38. The fraction of sp³-hybridized carbons (Fsp3) is 0.667. The predicted molar refractivity (Wildman–Crippen MR) is 112 cm³/mol. The Morgan fingerprint density at radius 3 is 2.41 bits per heavy atom. The Bertz CT molecular complexity index is 579. The zero-order valence-electron chi connectivity index (χ0n) is 17.6. The lowest BCUT2D eigenvalue weighted by Crippen LogP contribution is -2.48. The summed E-state index contributed by atoms with van der Waals surface area (Å²) < 4.78 is 11.8. The number of rotatable bonds is 7. The van der Waals surface area contributed by atoms with Crippen LogP contribution >= 0.6 is 0 Å². The number of nitrogens with one attached hydrogen (secondary N) is 1. The number of amides is 1. The lowest BCUT2D eigenvalue weighted by Gasteiger charge is -2.42. The van der Waals surface area contributed by atoms with Crippen LogP contribution < -0.4 is 5.32 Å². The highest BCUT2D eigenvalue weighted by molar-refractivity contribution is 6.74. The predicted octanol–water partition coefficient (Wildman–Crippen LogP) is 4.40. The summed E-state index contributed by atoms with van der Waals surface area (Å²) in [5.41, 5.74) is 0.997. The molecule has 1 saturated heterocycles. The lowest BCUT2D eigenvalue weighted by molar-refractivity contribution is 0.0888. The average molecular weight is 393 g/mol. The zero-order valence-corrected chi connectivity index (χ0v) is 18.6. The van der Waals surface area contributed by atoms with Crippen molar-refractivity contribution >= 4 is 14.4 Å². The molecule has 0 atom stereocenters. The quantitative estimate of drug-likeness (QED) is 0.699. The largest absolute Gasteiger partial charge is 0.445 e. The molecular weight excluding hydrogens is 356 g/mol. The summed E-state index contributed by atoms with van der Waals surface area (Å²) in [4.78, 5) is 14.2. The van der Waals surface area contributed by atoms with Gasteiger partial charge >= 0.3 is 6.09 Å². The molecule has 6 heteroatoms. The molecule has 1 N–H and O–H groups in total. The molecule has 0 spiro atoms. The normalized spacial score (nSPS) is 16.9. The summed E-state index contributed by atoms with van der Waals surface area (Å²) in [6.45, 7) is 15.3. The molecule has 27 heavy (non-hydrogen) atoms. The van der Waals surface area contributed by atoms with Crippen molar-refractivity contribution in [3.63, 3.8) is 0 Å². The van der Waals surface area contributed by atoms with Crippen LogP contribution in [0, 0.1) is 0 Å². The molecule has 0 radical (unpaired) electrons. The van der Waals surface area contributed by atoms with Gasteiger partial charge in [-0.3, -0.25) is 0 Å². The van der Waals surface area contributed by atoms with E-state index in [-0.39, 0.29) is 11.1 Å². The van der Waals surface area contributed by atoms with Gasteiger partial charge in [-0.2, -0.15) is 0 Å². The van der Waals surface area contributed by atoms with Crippen molar-refractivity contribution in [2.24, 2.45) is 0 Å². The average Bonchev–Trinajstić information content (AvgIpc) is 2.61. The van der Waals surface area contributed by atoms with E-state index in [1.165, 1.54) is 0 Å². The van der Waals surface area contributed by atoms with E-state index in [0.717, 1.165) is 38.0 Å². The molecule has 152 valence electrons. The van der Waals surface area contributed by atoms with Crippen molar-refractivity contribution in [2.45, 2.75) is 64.5 Å². The van der Waals surface area contributed by atoms with E-state index >= 15 is 0 Å². The Labute approximate surface area is 165 Å². The molecule has 1 heterocycles. The van der Waals surface area contributed by atoms with E-state index in [1.807, 2.05) is 30.3 Å². The number of hydrogen-bond donors (Lipinski definition) is 1. The van der Waals surface area contributed by atoms with Crippen molar-refractivity contribution < 1.29 is 14.0 Å². The molecule has 1 aromatic carbocycles. The Balaban J connectivity index is 1.60. The summed E-state index contributed by atoms with van der Waals surface area (Å²) in [5.74, 6) is 0. The number of ether oxygens (including phenoxy) is 1. The number of carbonyl (C=O) groups is 1. The molecule has 1 fully saturated rings. The molecule has 0 aromatic heterocycles.